The predicted molar refractivity (Wildman–Crippen MR) is 110 cm³/mol. The molecular weight excluding hydrogens is 430 g/mol. The van der Waals surface area contributed by atoms with Gasteiger partial charge in [-0.25, -0.2) is 12.7 Å². The fourth-order valence-electron chi connectivity index (χ4n) is 3.10. The van der Waals surface area contributed by atoms with Crippen molar-refractivity contribution in [3.8, 4) is 11.5 Å². The Bertz CT molecular complexity index is 1040. The van der Waals surface area contributed by atoms with Gasteiger partial charge in [-0.05, 0) is 54.8 Å². The first-order valence-corrected chi connectivity index (χ1v) is 11.0. The van der Waals surface area contributed by atoms with Gasteiger partial charge in [0, 0.05) is 32.2 Å². The molecule has 2 aromatic rings. The Hall–Kier alpha value is -2.72. The first-order valence-electron chi connectivity index (χ1n) is 9.58. The Balaban J connectivity index is 1.81. The average molecular weight is 454 g/mol. The van der Waals surface area contributed by atoms with Crippen LogP contribution in [0, 0.1) is 0 Å². The highest BCUT2D eigenvalue weighted by Crippen LogP contribution is 2.33. The molecule has 0 N–H and O–H groups in total. The van der Waals surface area contributed by atoms with Crippen molar-refractivity contribution in [2.24, 2.45) is 0 Å². The van der Waals surface area contributed by atoms with E-state index in [1.54, 1.807) is 17.0 Å². The zero-order valence-electron chi connectivity index (χ0n) is 17.4. The average Bonchev–Trinajstić information content (AvgIpc) is 3.57. The monoisotopic (exact) mass is 454 g/mol. The van der Waals surface area contributed by atoms with Crippen molar-refractivity contribution in [3.63, 3.8) is 0 Å². The van der Waals surface area contributed by atoms with Gasteiger partial charge in [0.2, 0.25) is 10.0 Å². The summed E-state index contributed by atoms with van der Waals surface area (Å²) in [6.07, 6.45) is 1.73. The Morgan fingerprint density at radius 2 is 1.74 bits per heavy atom. The molecule has 0 spiro atoms. The highest BCUT2D eigenvalue weighted by atomic mass is 32.2. The van der Waals surface area contributed by atoms with Crippen LogP contribution in [0.4, 0.5) is 8.78 Å². The fourth-order valence-corrected chi connectivity index (χ4v) is 4.00. The van der Waals surface area contributed by atoms with Crippen molar-refractivity contribution in [1.82, 2.24) is 9.21 Å². The molecule has 0 radical (unpaired) electrons. The molecule has 0 aromatic heterocycles. The summed E-state index contributed by atoms with van der Waals surface area (Å²) in [6, 6.07) is 10.4. The lowest BCUT2D eigenvalue weighted by molar-refractivity contribution is -0.0512. The summed E-state index contributed by atoms with van der Waals surface area (Å²) in [7, 11) is 0.648. The summed E-state index contributed by atoms with van der Waals surface area (Å²) in [4.78, 5) is 14.9. The highest BCUT2D eigenvalue weighted by Gasteiger charge is 2.33. The third-order valence-electron chi connectivity index (χ3n) is 4.93. The van der Waals surface area contributed by atoms with Crippen LogP contribution in [-0.2, 0) is 16.6 Å². The van der Waals surface area contributed by atoms with Gasteiger partial charge in [-0.2, -0.15) is 8.78 Å². The highest BCUT2D eigenvalue weighted by molar-refractivity contribution is 7.89. The van der Waals surface area contributed by atoms with Gasteiger partial charge in [-0.1, -0.05) is 6.07 Å². The van der Waals surface area contributed by atoms with E-state index >= 15 is 0 Å². The van der Waals surface area contributed by atoms with Gasteiger partial charge in [0.1, 0.15) is 0 Å². The molecule has 7 nitrogen and oxygen atoms in total. The summed E-state index contributed by atoms with van der Waals surface area (Å²) in [5.41, 5.74) is 1.07. The van der Waals surface area contributed by atoms with E-state index in [9.17, 15) is 22.0 Å². The molecule has 1 saturated carbocycles. The van der Waals surface area contributed by atoms with Gasteiger partial charge >= 0.3 is 6.61 Å². The van der Waals surface area contributed by atoms with Crippen LogP contribution in [0.2, 0.25) is 0 Å². The second kappa shape index (κ2) is 9.19. The normalized spacial score (nSPS) is 14.0. The largest absolute Gasteiger partial charge is 0.493 e. The molecule has 0 bridgehead atoms. The lowest BCUT2D eigenvalue weighted by Gasteiger charge is -2.23. The number of hydrogen-bond donors (Lipinski definition) is 0. The van der Waals surface area contributed by atoms with Crippen molar-refractivity contribution in [3.05, 3.63) is 53.6 Å². The van der Waals surface area contributed by atoms with E-state index in [4.69, 9.17) is 4.74 Å². The quantitative estimate of drug-likeness (QED) is 0.581. The Labute approximate surface area is 180 Å². The van der Waals surface area contributed by atoms with Gasteiger partial charge in [0.05, 0.1) is 12.0 Å². The number of hydrogen-bond acceptors (Lipinski definition) is 5. The minimum atomic E-state index is -3.58. The molecule has 1 aliphatic rings. The van der Waals surface area contributed by atoms with Gasteiger partial charge in [0.25, 0.3) is 5.91 Å². The van der Waals surface area contributed by atoms with Gasteiger partial charge in [-0.3, -0.25) is 4.79 Å². The molecule has 0 atom stereocenters. The molecule has 2 aromatic carbocycles. The van der Waals surface area contributed by atoms with Crippen LogP contribution in [0.5, 0.6) is 11.5 Å². The van der Waals surface area contributed by atoms with E-state index < -0.39 is 16.6 Å². The summed E-state index contributed by atoms with van der Waals surface area (Å²) in [6.45, 7) is -2.71. The van der Waals surface area contributed by atoms with Gasteiger partial charge < -0.3 is 14.4 Å². The summed E-state index contributed by atoms with van der Waals surface area (Å²) in [5, 5.41) is 0. The van der Waals surface area contributed by atoms with Crippen LogP contribution in [-0.4, -0.2) is 57.4 Å². The molecule has 10 heteroatoms. The van der Waals surface area contributed by atoms with Crippen LogP contribution in [0.1, 0.15) is 28.8 Å². The summed E-state index contributed by atoms with van der Waals surface area (Å²) in [5.74, 6) is -0.161. The second-order valence-corrected chi connectivity index (χ2v) is 9.49. The standard InChI is InChI=1S/C21H24F2N2O5S/c1-24(2)31(27,28)17-9-5-15(6-10-17)20(26)25(16-7-8-16)13-14-4-11-18(30-21(22)23)19(12-14)29-3/h4-6,9-12,16,21H,7-8,13H2,1-3H3. The zero-order valence-corrected chi connectivity index (χ0v) is 18.2. The molecule has 0 heterocycles. The van der Waals surface area contributed by atoms with E-state index in [2.05, 4.69) is 4.74 Å². The lowest BCUT2D eigenvalue weighted by Crippen LogP contribution is -2.32. The number of amides is 1. The SMILES string of the molecule is COc1cc(CN(C(=O)c2ccc(S(=O)(=O)N(C)C)cc2)C2CC2)ccc1OC(F)F. The molecule has 3 rings (SSSR count). The number of halogens is 2. The molecular formula is C21H24F2N2O5S. The number of alkyl halides is 2. The summed E-state index contributed by atoms with van der Waals surface area (Å²) >= 11 is 0. The molecule has 168 valence electrons. The third-order valence-corrected chi connectivity index (χ3v) is 6.75. The topological polar surface area (TPSA) is 76.2 Å². The third kappa shape index (κ3) is 5.31. The number of carbonyl (C=O) groups excluding carboxylic acids is 1. The van der Waals surface area contributed by atoms with Gasteiger partial charge in [0.15, 0.2) is 11.5 Å². The number of carbonyl (C=O) groups is 1. The van der Waals surface area contributed by atoms with E-state index in [1.807, 2.05) is 0 Å². The van der Waals surface area contributed by atoms with E-state index in [-0.39, 0.29) is 34.9 Å². The number of sulfonamides is 1. The Kier molecular flexibility index (Phi) is 6.80. The maximum absolute atomic E-state index is 13.1. The maximum atomic E-state index is 13.1. The van der Waals surface area contributed by atoms with Crippen molar-refractivity contribution in [2.75, 3.05) is 21.2 Å². The van der Waals surface area contributed by atoms with Crippen LogP contribution in [0.3, 0.4) is 0 Å². The van der Waals surface area contributed by atoms with Crippen molar-refractivity contribution in [2.45, 2.75) is 36.9 Å². The summed E-state index contributed by atoms with van der Waals surface area (Å²) < 4.78 is 60.2. The van der Waals surface area contributed by atoms with Crippen LogP contribution in [0.15, 0.2) is 47.4 Å². The molecule has 31 heavy (non-hydrogen) atoms. The van der Waals surface area contributed by atoms with E-state index in [1.165, 1.54) is 51.5 Å². The smallest absolute Gasteiger partial charge is 0.387 e. The lowest BCUT2D eigenvalue weighted by atomic mass is 10.1. The maximum Gasteiger partial charge on any atom is 0.387 e. The number of rotatable bonds is 9. The zero-order chi connectivity index (χ0) is 22.8. The number of methoxy groups -OCH3 is 1. The second-order valence-electron chi connectivity index (χ2n) is 7.34. The van der Waals surface area contributed by atoms with E-state index in [0.717, 1.165) is 17.1 Å². The first kappa shape index (κ1) is 23.0. The number of ether oxygens (including phenoxy) is 2. The van der Waals surface area contributed by atoms with Crippen LogP contribution in [0.25, 0.3) is 0 Å². The van der Waals surface area contributed by atoms with Crippen molar-refractivity contribution >= 4 is 15.9 Å². The molecule has 1 fully saturated rings. The van der Waals surface area contributed by atoms with Crippen LogP contribution >= 0.6 is 0 Å². The van der Waals surface area contributed by atoms with E-state index in [0.29, 0.717) is 11.1 Å². The number of benzene rings is 2. The van der Waals surface area contributed by atoms with Crippen LogP contribution < -0.4 is 9.47 Å². The molecule has 1 amide bonds. The molecule has 1 aliphatic carbocycles. The first-order chi connectivity index (χ1) is 14.6. The molecule has 0 saturated heterocycles. The van der Waals surface area contributed by atoms with Crippen molar-refractivity contribution < 1.29 is 31.5 Å². The minimum Gasteiger partial charge on any atom is -0.493 e. The number of nitrogens with zero attached hydrogens (tertiary/aromatic N) is 2. The fraction of sp³-hybridized carbons (Fsp3) is 0.381. The Morgan fingerprint density at radius 1 is 1.10 bits per heavy atom. The predicted octanol–water partition coefficient (Wildman–Crippen LogP) is 3.35. The molecule has 0 aliphatic heterocycles. The minimum absolute atomic E-state index is 0.0701. The molecule has 0 unspecified atom stereocenters. The Morgan fingerprint density at radius 3 is 2.26 bits per heavy atom. The van der Waals surface area contributed by atoms with Crippen molar-refractivity contribution in [1.29, 1.82) is 0 Å². The van der Waals surface area contributed by atoms with Gasteiger partial charge in [-0.15, -0.1) is 0 Å².